The van der Waals surface area contributed by atoms with Crippen molar-refractivity contribution in [1.29, 1.82) is 0 Å². The molecule has 1 saturated heterocycles. The maximum Gasteiger partial charge on any atom is 0.243 e. The molecule has 6 nitrogen and oxygen atoms in total. The predicted molar refractivity (Wildman–Crippen MR) is 105 cm³/mol. The summed E-state index contributed by atoms with van der Waals surface area (Å²) in [7, 11) is -7.21. The molecule has 2 fully saturated rings. The first kappa shape index (κ1) is 20.8. The van der Waals surface area contributed by atoms with Gasteiger partial charge in [-0.15, -0.1) is 0 Å². The van der Waals surface area contributed by atoms with Gasteiger partial charge < -0.3 is 0 Å². The van der Waals surface area contributed by atoms with E-state index >= 15 is 0 Å². The summed E-state index contributed by atoms with van der Waals surface area (Å²) in [5, 5.41) is 0. The summed E-state index contributed by atoms with van der Waals surface area (Å²) < 4.78 is 55.3. The van der Waals surface area contributed by atoms with Crippen molar-refractivity contribution in [3.05, 3.63) is 24.3 Å². The lowest BCUT2D eigenvalue weighted by Gasteiger charge is -2.29. The van der Waals surface area contributed by atoms with Crippen LogP contribution in [0.5, 0.6) is 0 Å². The van der Waals surface area contributed by atoms with Gasteiger partial charge in [0.1, 0.15) is 0 Å². The first-order valence-corrected chi connectivity index (χ1v) is 12.9. The molecule has 152 valence electrons. The van der Waals surface area contributed by atoms with E-state index in [0.717, 1.165) is 51.4 Å². The van der Waals surface area contributed by atoms with E-state index in [9.17, 15) is 16.8 Å². The number of nitrogens with one attached hydrogen (secondary N) is 1. The number of rotatable bonds is 5. The highest BCUT2D eigenvalue weighted by atomic mass is 32.2. The number of sulfonamides is 2. The monoisotopic (exact) mass is 414 g/mol. The van der Waals surface area contributed by atoms with Crippen LogP contribution in [0.15, 0.2) is 34.1 Å². The second-order valence-electron chi connectivity index (χ2n) is 7.78. The second kappa shape index (κ2) is 8.59. The summed E-state index contributed by atoms with van der Waals surface area (Å²) in [5.74, 6) is 0.316. The third-order valence-electron chi connectivity index (χ3n) is 5.75. The van der Waals surface area contributed by atoms with Gasteiger partial charge in [-0.05, 0) is 55.9 Å². The molecule has 1 aliphatic carbocycles. The fourth-order valence-corrected chi connectivity index (χ4v) is 6.88. The largest absolute Gasteiger partial charge is 0.243 e. The van der Waals surface area contributed by atoms with Gasteiger partial charge in [-0.2, -0.15) is 4.31 Å². The maximum atomic E-state index is 12.8. The molecule has 0 bridgehead atoms. The van der Waals surface area contributed by atoms with Crippen LogP contribution in [-0.2, 0) is 20.0 Å². The zero-order valence-electron chi connectivity index (χ0n) is 15.9. The molecule has 0 radical (unpaired) electrons. The molecule has 0 aromatic heterocycles. The Labute approximate surface area is 163 Å². The molecule has 0 spiro atoms. The van der Waals surface area contributed by atoms with Crippen molar-refractivity contribution in [3.63, 3.8) is 0 Å². The van der Waals surface area contributed by atoms with Crippen LogP contribution in [-0.4, -0.2) is 40.3 Å². The molecule has 1 aliphatic heterocycles. The maximum absolute atomic E-state index is 12.8. The van der Waals surface area contributed by atoms with E-state index in [1.807, 2.05) is 0 Å². The van der Waals surface area contributed by atoms with Crippen LogP contribution in [0.4, 0.5) is 0 Å². The van der Waals surface area contributed by atoms with Crippen molar-refractivity contribution in [3.8, 4) is 0 Å². The summed E-state index contributed by atoms with van der Waals surface area (Å²) in [5.41, 5.74) is 0. The third kappa shape index (κ3) is 4.91. The molecule has 1 saturated carbocycles. The summed E-state index contributed by atoms with van der Waals surface area (Å²) in [6, 6.07) is 5.59. The molecule has 1 N–H and O–H groups in total. The van der Waals surface area contributed by atoms with Gasteiger partial charge in [-0.25, -0.2) is 21.6 Å². The van der Waals surface area contributed by atoms with Crippen molar-refractivity contribution in [1.82, 2.24) is 9.03 Å². The van der Waals surface area contributed by atoms with Gasteiger partial charge in [0.05, 0.1) is 9.79 Å². The molecule has 8 heteroatoms. The van der Waals surface area contributed by atoms with Crippen LogP contribution in [0.25, 0.3) is 0 Å². The number of benzene rings is 1. The summed E-state index contributed by atoms with van der Waals surface area (Å²) in [6.07, 6.45) is 7.89. The Kier molecular flexibility index (Phi) is 6.61. The van der Waals surface area contributed by atoms with Crippen LogP contribution in [0.3, 0.4) is 0 Å². The van der Waals surface area contributed by atoms with Crippen LogP contribution >= 0.6 is 0 Å². The average molecular weight is 415 g/mol. The molecule has 2 aliphatic rings. The molecule has 3 rings (SSSR count). The summed E-state index contributed by atoms with van der Waals surface area (Å²) >= 11 is 0. The number of hydrogen-bond acceptors (Lipinski definition) is 4. The van der Waals surface area contributed by atoms with Gasteiger partial charge in [0, 0.05) is 19.1 Å². The zero-order valence-corrected chi connectivity index (χ0v) is 17.6. The second-order valence-corrected chi connectivity index (χ2v) is 11.4. The van der Waals surface area contributed by atoms with E-state index < -0.39 is 20.0 Å². The van der Waals surface area contributed by atoms with Crippen molar-refractivity contribution < 1.29 is 16.8 Å². The lowest BCUT2D eigenvalue weighted by Crippen LogP contribution is -2.41. The Hall–Kier alpha value is -0.960. The Balaban J connectivity index is 1.75. The van der Waals surface area contributed by atoms with Gasteiger partial charge in [0.25, 0.3) is 0 Å². The highest BCUT2D eigenvalue weighted by Gasteiger charge is 2.28. The van der Waals surface area contributed by atoms with Crippen molar-refractivity contribution >= 4 is 20.0 Å². The molecule has 0 amide bonds. The lowest BCUT2D eigenvalue weighted by molar-refractivity contribution is 0.310. The SMILES string of the molecule is C[C@H]1CCCC[C@@H]1NS(=O)(=O)c1ccc(S(=O)(=O)N2CCCCCC2)cc1. The fraction of sp³-hybridized carbons (Fsp3) is 0.684. The van der Waals surface area contributed by atoms with Crippen LogP contribution in [0.1, 0.15) is 58.3 Å². The molecule has 0 unspecified atom stereocenters. The Morgan fingerprint density at radius 3 is 1.96 bits per heavy atom. The van der Waals surface area contributed by atoms with Gasteiger partial charge in [-0.3, -0.25) is 0 Å². The van der Waals surface area contributed by atoms with Crippen LogP contribution in [0, 0.1) is 5.92 Å². The van der Waals surface area contributed by atoms with E-state index in [-0.39, 0.29) is 15.8 Å². The van der Waals surface area contributed by atoms with E-state index in [2.05, 4.69) is 11.6 Å². The van der Waals surface area contributed by atoms with Gasteiger partial charge >= 0.3 is 0 Å². The van der Waals surface area contributed by atoms with Gasteiger partial charge in [-0.1, -0.05) is 32.6 Å². The third-order valence-corrected chi connectivity index (χ3v) is 9.17. The Morgan fingerprint density at radius 1 is 0.815 bits per heavy atom. The first-order chi connectivity index (χ1) is 12.8. The predicted octanol–water partition coefficient (Wildman–Crippen LogP) is 3.11. The minimum atomic E-state index is -3.64. The number of hydrogen-bond donors (Lipinski definition) is 1. The van der Waals surface area contributed by atoms with Gasteiger partial charge in [0.15, 0.2) is 0 Å². The smallest absolute Gasteiger partial charge is 0.208 e. The van der Waals surface area contributed by atoms with E-state index in [1.54, 1.807) is 0 Å². The molecule has 1 aromatic rings. The van der Waals surface area contributed by atoms with E-state index in [0.29, 0.717) is 19.0 Å². The van der Waals surface area contributed by atoms with Crippen molar-refractivity contribution in [2.45, 2.75) is 74.1 Å². The highest BCUT2D eigenvalue weighted by molar-refractivity contribution is 7.89. The molecule has 2 atom stereocenters. The molecule has 1 aromatic carbocycles. The zero-order chi connectivity index (χ0) is 19.5. The van der Waals surface area contributed by atoms with Crippen molar-refractivity contribution in [2.75, 3.05) is 13.1 Å². The Bertz CT molecular complexity index is 827. The van der Waals surface area contributed by atoms with Gasteiger partial charge in [0.2, 0.25) is 20.0 Å². The minimum absolute atomic E-state index is 0.0516. The minimum Gasteiger partial charge on any atom is -0.208 e. The summed E-state index contributed by atoms with van der Waals surface area (Å²) in [6.45, 7) is 3.14. The summed E-state index contributed by atoms with van der Waals surface area (Å²) in [4.78, 5) is 0.282. The quantitative estimate of drug-likeness (QED) is 0.802. The number of nitrogens with zero attached hydrogens (tertiary/aromatic N) is 1. The molecular formula is C19H30N2O4S2. The fourth-order valence-electron chi connectivity index (χ4n) is 3.98. The highest BCUT2D eigenvalue weighted by Crippen LogP contribution is 2.26. The molecular weight excluding hydrogens is 384 g/mol. The molecule has 1 heterocycles. The topological polar surface area (TPSA) is 83.5 Å². The van der Waals surface area contributed by atoms with Crippen LogP contribution in [0.2, 0.25) is 0 Å². The van der Waals surface area contributed by atoms with E-state index in [1.165, 1.54) is 28.6 Å². The normalized spacial score (nSPS) is 25.8. The Morgan fingerprint density at radius 2 is 1.37 bits per heavy atom. The van der Waals surface area contributed by atoms with E-state index in [4.69, 9.17) is 0 Å². The molecule has 27 heavy (non-hydrogen) atoms. The van der Waals surface area contributed by atoms with Crippen LogP contribution < -0.4 is 4.72 Å². The first-order valence-electron chi connectivity index (χ1n) is 9.93. The standard InChI is InChI=1S/C19H30N2O4S2/c1-16-8-4-5-9-19(16)20-26(22,23)17-10-12-18(13-11-17)27(24,25)21-14-6-2-3-7-15-21/h10-13,16,19-20H,2-9,14-15H2,1H3/t16-,19-/m0/s1. The average Bonchev–Trinajstić information content (AvgIpc) is 2.94. The van der Waals surface area contributed by atoms with Crippen molar-refractivity contribution in [2.24, 2.45) is 5.92 Å². The lowest BCUT2D eigenvalue weighted by atomic mass is 9.87.